The number of benzene rings is 1. The van der Waals surface area contributed by atoms with Crippen molar-refractivity contribution < 1.29 is 9.53 Å². The lowest BCUT2D eigenvalue weighted by Gasteiger charge is -2.34. The van der Waals surface area contributed by atoms with E-state index in [0.717, 1.165) is 11.1 Å². The fraction of sp³-hybridized carbons (Fsp3) is 0.316. The van der Waals surface area contributed by atoms with Crippen LogP contribution < -0.4 is 5.32 Å². The molecule has 1 aliphatic rings. The van der Waals surface area contributed by atoms with Gasteiger partial charge in [0.2, 0.25) is 5.91 Å². The summed E-state index contributed by atoms with van der Waals surface area (Å²) in [5, 5.41) is 11.8. The van der Waals surface area contributed by atoms with Gasteiger partial charge < -0.3 is 10.1 Å². The first-order valence-electron chi connectivity index (χ1n) is 8.91. The number of amides is 1. The monoisotopic (exact) mass is 419 g/mol. The molecule has 1 unspecified atom stereocenters. The second-order valence-electron chi connectivity index (χ2n) is 6.65. The molecule has 0 saturated carbocycles. The quantitative estimate of drug-likeness (QED) is 0.674. The minimum atomic E-state index is -0.560. The van der Waals surface area contributed by atoms with E-state index in [4.69, 9.17) is 27.9 Å². The Labute approximate surface area is 172 Å². The van der Waals surface area contributed by atoms with Crippen LogP contribution in [0.3, 0.4) is 0 Å². The first kappa shape index (κ1) is 19.1. The summed E-state index contributed by atoms with van der Waals surface area (Å²) in [5.74, 6) is -0.187. The van der Waals surface area contributed by atoms with E-state index in [-0.39, 0.29) is 5.91 Å². The average Bonchev–Trinajstić information content (AvgIpc) is 3.05. The summed E-state index contributed by atoms with van der Waals surface area (Å²) < 4.78 is 5.44. The van der Waals surface area contributed by atoms with Crippen molar-refractivity contribution in [3.05, 3.63) is 51.8 Å². The van der Waals surface area contributed by atoms with Gasteiger partial charge in [0.25, 0.3) is 0 Å². The highest BCUT2D eigenvalue weighted by atomic mass is 35.5. The molecule has 1 atom stereocenters. The standard InChI is InChI=1S/C19H19Cl2N5O2/c1-11-15-9-13(10-22-18(15)25-24-11)23-19(27)17(26-4-6-28-7-5-26)14-3-2-12(20)8-16(14)21/h2-3,8-10,17H,4-7H2,1H3,(H,23,27)(H,22,24,25). The minimum Gasteiger partial charge on any atom is -0.379 e. The summed E-state index contributed by atoms with van der Waals surface area (Å²) in [6, 6.07) is 6.49. The second kappa shape index (κ2) is 8.05. The van der Waals surface area contributed by atoms with Crippen LogP contribution in [0.15, 0.2) is 30.5 Å². The van der Waals surface area contributed by atoms with E-state index in [9.17, 15) is 4.79 Å². The molecule has 1 amide bonds. The number of aromatic nitrogens is 3. The topological polar surface area (TPSA) is 83.1 Å². The van der Waals surface area contributed by atoms with Gasteiger partial charge >= 0.3 is 0 Å². The van der Waals surface area contributed by atoms with E-state index in [1.165, 1.54) is 0 Å². The Morgan fingerprint density at radius 2 is 2.07 bits per heavy atom. The number of carbonyl (C=O) groups is 1. The number of H-pyrrole nitrogens is 1. The zero-order chi connectivity index (χ0) is 19.7. The highest BCUT2D eigenvalue weighted by molar-refractivity contribution is 6.35. The Morgan fingerprint density at radius 1 is 1.29 bits per heavy atom. The Morgan fingerprint density at radius 3 is 2.82 bits per heavy atom. The molecular formula is C19H19Cl2N5O2. The van der Waals surface area contributed by atoms with Crippen LogP contribution in [-0.2, 0) is 9.53 Å². The highest BCUT2D eigenvalue weighted by Gasteiger charge is 2.31. The summed E-state index contributed by atoms with van der Waals surface area (Å²) in [4.78, 5) is 19.6. The van der Waals surface area contributed by atoms with Crippen LogP contribution in [0.2, 0.25) is 10.0 Å². The lowest BCUT2D eigenvalue weighted by Crippen LogP contribution is -2.44. The maximum absolute atomic E-state index is 13.3. The predicted molar refractivity (Wildman–Crippen MR) is 109 cm³/mol. The van der Waals surface area contributed by atoms with Crippen molar-refractivity contribution in [1.82, 2.24) is 20.1 Å². The van der Waals surface area contributed by atoms with Crippen molar-refractivity contribution in [3.8, 4) is 0 Å². The molecule has 3 heterocycles. The molecule has 0 radical (unpaired) electrons. The van der Waals surface area contributed by atoms with Gasteiger partial charge in [-0.15, -0.1) is 0 Å². The molecule has 3 aromatic rings. The van der Waals surface area contributed by atoms with Crippen LogP contribution in [0.5, 0.6) is 0 Å². The van der Waals surface area contributed by atoms with Crippen molar-refractivity contribution in [3.63, 3.8) is 0 Å². The molecule has 1 fully saturated rings. The minimum absolute atomic E-state index is 0.187. The van der Waals surface area contributed by atoms with E-state index in [0.29, 0.717) is 53.2 Å². The number of aromatic amines is 1. The fourth-order valence-corrected chi connectivity index (χ4v) is 3.87. The lowest BCUT2D eigenvalue weighted by molar-refractivity contribution is -0.123. The van der Waals surface area contributed by atoms with E-state index in [1.807, 2.05) is 13.0 Å². The lowest BCUT2D eigenvalue weighted by atomic mass is 10.0. The number of nitrogens with zero attached hydrogens (tertiary/aromatic N) is 3. The first-order chi connectivity index (χ1) is 13.5. The Bertz CT molecular complexity index is 1020. The van der Waals surface area contributed by atoms with Gasteiger partial charge in [0.05, 0.1) is 25.1 Å². The summed E-state index contributed by atoms with van der Waals surface area (Å²) >= 11 is 12.5. The number of morpholine rings is 1. The normalized spacial score (nSPS) is 16.2. The smallest absolute Gasteiger partial charge is 0.246 e. The number of carbonyl (C=O) groups excluding carboxylic acids is 1. The number of hydrogen-bond acceptors (Lipinski definition) is 5. The van der Waals surface area contributed by atoms with E-state index in [1.54, 1.807) is 24.4 Å². The predicted octanol–water partition coefficient (Wildman–Crippen LogP) is 3.59. The SMILES string of the molecule is Cc1[nH]nc2ncc(NC(=O)C(c3ccc(Cl)cc3Cl)N3CCOCC3)cc12. The molecule has 9 heteroatoms. The number of hydrogen-bond donors (Lipinski definition) is 2. The van der Waals surface area contributed by atoms with Crippen molar-refractivity contribution in [2.45, 2.75) is 13.0 Å². The second-order valence-corrected chi connectivity index (χ2v) is 7.49. The zero-order valence-corrected chi connectivity index (χ0v) is 16.7. The van der Waals surface area contributed by atoms with E-state index < -0.39 is 6.04 Å². The third-order valence-corrected chi connectivity index (χ3v) is 5.35. The molecule has 28 heavy (non-hydrogen) atoms. The number of pyridine rings is 1. The average molecular weight is 420 g/mol. The van der Waals surface area contributed by atoms with Crippen LogP contribution in [0.4, 0.5) is 5.69 Å². The number of anilines is 1. The highest BCUT2D eigenvalue weighted by Crippen LogP contribution is 2.32. The van der Waals surface area contributed by atoms with Gasteiger partial charge in [-0.1, -0.05) is 29.3 Å². The van der Waals surface area contributed by atoms with E-state index >= 15 is 0 Å². The molecule has 0 aliphatic carbocycles. The van der Waals surface area contributed by atoms with Gasteiger partial charge in [0.15, 0.2) is 5.65 Å². The summed E-state index contributed by atoms with van der Waals surface area (Å²) in [5.41, 5.74) is 2.81. The van der Waals surface area contributed by atoms with Crippen molar-refractivity contribution in [2.24, 2.45) is 0 Å². The Balaban J connectivity index is 1.66. The molecule has 2 N–H and O–H groups in total. The Kier molecular flexibility index (Phi) is 5.50. The van der Waals surface area contributed by atoms with Gasteiger partial charge in [-0.3, -0.25) is 14.8 Å². The van der Waals surface area contributed by atoms with Crippen LogP contribution in [0.25, 0.3) is 11.0 Å². The van der Waals surface area contributed by atoms with Gasteiger partial charge in [0.1, 0.15) is 6.04 Å². The molecule has 7 nitrogen and oxygen atoms in total. The van der Waals surface area contributed by atoms with Crippen molar-refractivity contribution >= 4 is 45.8 Å². The first-order valence-corrected chi connectivity index (χ1v) is 9.67. The van der Waals surface area contributed by atoms with Crippen LogP contribution in [0.1, 0.15) is 17.3 Å². The maximum atomic E-state index is 13.3. The molecule has 4 rings (SSSR count). The third-order valence-electron chi connectivity index (χ3n) is 4.78. The number of ether oxygens (including phenoxy) is 1. The zero-order valence-electron chi connectivity index (χ0n) is 15.2. The van der Waals surface area contributed by atoms with Gasteiger partial charge in [-0.2, -0.15) is 5.10 Å². The molecule has 0 bridgehead atoms. The number of nitrogens with one attached hydrogen (secondary N) is 2. The van der Waals surface area contributed by atoms with Gasteiger partial charge in [0, 0.05) is 34.2 Å². The molecular weight excluding hydrogens is 401 g/mol. The molecule has 2 aromatic heterocycles. The maximum Gasteiger partial charge on any atom is 0.246 e. The van der Waals surface area contributed by atoms with Gasteiger partial charge in [-0.05, 0) is 30.7 Å². The summed E-state index contributed by atoms with van der Waals surface area (Å²) in [6.07, 6.45) is 1.60. The number of fused-ring (bicyclic) bond motifs is 1. The largest absolute Gasteiger partial charge is 0.379 e. The van der Waals surface area contributed by atoms with Crippen LogP contribution >= 0.6 is 23.2 Å². The Hall–Kier alpha value is -2.19. The third kappa shape index (κ3) is 3.84. The summed E-state index contributed by atoms with van der Waals surface area (Å²) in [6.45, 7) is 4.31. The van der Waals surface area contributed by atoms with Gasteiger partial charge in [-0.25, -0.2) is 4.98 Å². The summed E-state index contributed by atoms with van der Waals surface area (Å²) in [7, 11) is 0. The van der Waals surface area contributed by atoms with E-state index in [2.05, 4.69) is 25.4 Å². The molecule has 1 saturated heterocycles. The molecule has 0 spiro atoms. The van der Waals surface area contributed by atoms with Crippen molar-refractivity contribution in [1.29, 1.82) is 0 Å². The molecule has 1 aromatic carbocycles. The van der Waals surface area contributed by atoms with Crippen LogP contribution in [-0.4, -0.2) is 52.3 Å². The fourth-order valence-electron chi connectivity index (χ4n) is 3.36. The number of rotatable bonds is 4. The van der Waals surface area contributed by atoms with Crippen molar-refractivity contribution in [2.75, 3.05) is 31.6 Å². The number of halogens is 2. The molecule has 1 aliphatic heterocycles. The van der Waals surface area contributed by atoms with Crippen LogP contribution in [0, 0.1) is 6.92 Å². The molecule has 146 valence electrons. The number of aryl methyl sites for hydroxylation is 1.